The number of nitrogens with one attached hydrogen (secondary N) is 1. The summed E-state index contributed by atoms with van der Waals surface area (Å²) in [5, 5.41) is 11.7. The van der Waals surface area contributed by atoms with E-state index in [9.17, 15) is 9.59 Å². The molecule has 1 atom stereocenters. The summed E-state index contributed by atoms with van der Waals surface area (Å²) in [7, 11) is 1.72. The number of aliphatic carboxylic acids is 1. The van der Waals surface area contributed by atoms with Crippen LogP contribution in [0.3, 0.4) is 0 Å². The van der Waals surface area contributed by atoms with Crippen molar-refractivity contribution < 1.29 is 14.7 Å². The minimum absolute atomic E-state index is 0.0923. The summed E-state index contributed by atoms with van der Waals surface area (Å²) in [6, 6.07) is 0.126. The van der Waals surface area contributed by atoms with E-state index < -0.39 is 5.97 Å². The summed E-state index contributed by atoms with van der Waals surface area (Å²) >= 11 is 0. The van der Waals surface area contributed by atoms with E-state index >= 15 is 0 Å². The Balaban J connectivity index is 2.38. The van der Waals surface area contributed by atoms with Gasteiger partial charge in [-0.15, -0.1) is 0 Å². The third-order valence-corrected chi connectivity index (χ3v) is 4.04. The van der Waals surface area contributed by atoms with E-state index in [0.29, 0.717) is 13.0 Å². The summed E-state index contributed by atoms with van der Waals surface area (Å²) in [5.41, 5.74) is 0.149. The van der Waals surface area contributed by atoms with Gasteiger partial charge < -0.3 is 15.3 Å². The maximum Gasteiger partial charge on any atom is 0.317 e. The zero-order valence-electron chi connectivity index (χ0n) is 12.2. The predicted octanol–water partition coefficient (Wildman–Crippen LogP) is 2.46. The van der Waals surface area contributed by atoms with Crippen LogP contribution in [0.2, 0.25) is 0 Å². The van der Waals surface area contributed by atoms with Gasteiger partial charge in [0.15, 0.2) is 0 Å². The van der Waals surface area contributed by atoms with Gasteiger partial charge in [-0.1, -0.05) is 26.7 Å². The Kier molecular flexibility index (Phi) is 5.63. The Morgan fingerprint density at radius 3 is 2.63 bits per heavy atom. The second kappa shape index (κ2) is 6.78. The normalized spacial score (nSPS) is 21.7. The number of rotatable bonds is 5. The molecule has 0 bridgehead atoms. The second-order valence-corrected chi connectivity index (χ2v) is 6.16. The van der Waals surface area contributed by atoms with Crippen molar-refractivity contribution in [2.45, 2.75) is 58.4 Å². The topological polar surface area (TPSA) is 69.6 Å². The molecule has 0 spiro atoms. The van der Waals surface area contributed by atoms with Crippen molar-refractivity contribution in [1.82, 2.24) is 10.2 Å². The lowest BCUT2D eigenvalue weighted by Gasteiger charge is -2.39. The highest BCUT2D eigenvalue weighted by Crippen LogP contribution is 2.35. The second-order valence-electron chi connectivity index (χ2n) is 6.16. The van der Waals surface area contributed by atoms with Gasteiger partial charge in [0, 0.05) is 26.1 Å². The molecule has 2 amide bonds. The Morgan fingerprint density at radius 1 is 1.37 bits per heavy atom. The van der Waals surface area contributed by atoms with Crippen LogP contribution in [0.5, 0.6) is 0 Å². The van der Waals surface area contributed by atoms with Crippen molar-refractivity contribution in [2.75, 3.05) is 13.6 Å². The largest absolute Gasteiger partial charge is 0.481 e. The molecule has 110 valence electrons. The highest BCUT2D eigenvalue weighted by molar-refractivity contribution is 5.74. The van der Waals surface area contributed by atoms with Gasteiger partial charge >= 0.3 is 12.0 Å². The number of hydrogen-bond acceptors (Lipinski definition) is 2. The highest BCUT2D eigenvalue weighted by Gasteiger charge is 2.33. The van der Waals surface area contributed by atoms with Crippen molar-refractivity contribution >= 4 is 12.0 Å². The van der Waals surface area contributed by atoms with Crippen LogP contribution in [0.25, 0.3) is 0 Å². The highest BCUT2D eigenvalue weighted by atomic mass is 16.4. The Morgan fingerprint density at radius 2 is 2.05 bits per heavy atom. The van der Waals surface area contributed by atoms with Crippen LogP contribution in [0.4, 0.5) is 4.79 Å². The molecule has 0 radical (unpaired) electrons. The van der Waals surface area contributed by atoms with E-state index in [-0.39, 0.29) is 23.9 Å². The van der Waals surface area contributed by atoms with E-state index in [4.69, 9.17) is 5.11 Å². The molecule has 1 saturated carbocycles. The van der Waals surface area contributed by atoms with Gasteiger partial charge in [-0.2, -0.15) is 0 Å². The lowest BCUT2D eigenvalue weighted by atomic mass is 9.73. The third kappa shape index (κ3) is 5.09. The van der Waals surface area contributed by atoms with Crippen LogP contribution in [-0.4, -0.2) is 41.6 Å². The molecule has 2 N–H and O–H groups in total. The van der Waals surface area contributed by atoms with Crippen LogP contribution in [-0.2, 0) is 4.79 Å². The maximum absolute atomic E-state index is 12.0. The summed E-state index contributed by atoms with van der Waals surface area (Å²) < 4.78 is 0. The van der Waals surface area contributed by atoms with Gasteiger partial charge in [-0.05, 0) is 24.7 Å². The molecule has 1 fully saturated rings. The van der Waals surface area contributed by atoms with Crippen LogP contribution in [0.15, 0.2) is 0 Å². The SMILES string of the molecule is CN(CCCC(=O)O)C(=O)NC1CCCCC1(C)C. The van der Waals surface area contributed by atoms with Crippen molar-refractivity contribution in [2.24, 2.45) is 5.41 Å². The first kappa shape index (κ1) is 15.8. The fourth-order valence-corrected chi connectivity index (χ4v) is 2.59. The zero-order valence-corrected chi connectivity index (χ0v) is 12.2. The molecule has 0 aliphatic heterocycles. The lowest BCUT2D eigenvalue weighted by molar-refractivity contribution is -0.137. The number of carboxylic acid groups (broad SMARTS) is 1. The van der Waals surface area contributed by atoms with Crippen LogP contribution in [0.1, 0.15) is 52.4 Å². The van der Waals surface area contributed by atoms with E-state index in [1.54, 1.807) is 11.9 Å². The predicted molar refractivity (Wildman–Crippen MR) is 74.1 cm³/mol. The molecule has 0 aromatic rings. The molecule has 1 rings (SSSR count). The van der Waals surface area contributed by atoms with Gasteiger partial charge in [0.05, 0.1) is 0 Å². The molecule has 5 heteroatoms. The van der Waals surface area contributed by atoms with Crippen LogP contribution < -0.4 is 5.32 Å². The number of hydrogen-bond donors (Lipinski definition) is 2. The van der Waals surface area contributed by atoms with Crippen LogP contribution in [0, 0.1) is 5.41 Å². The molecule has 0 heterocycles. The first-order valence-corrected chi connectivity index (χ1v) is 7.06. The fourth-order valence-electron chi connectivity index (χ4n) is 2.59. The molecule has 0 saturated heterocycles. The molecule has 19 heavy (non-hydrogen) atoms. The molecular formula is C14H26N2O3. The minimum Gasteiger partial charge on any atom is -0.481 e. The first-order chi connectivity index (χ1) is 8.83. The summed E-state index contributed by atoms with van der Waals surface area (Å²) in [6.45, 7) is 4.87. The molecule has 0 aromatic heterocycles. The Hall–Kier alpha value is -1.26. The Labute approximate surface area is 115 Å². The number of carbonyl (C=O) groups excluding carboxylic acids is 1. The number of carbonyl (C=O) groups is 2. The maximum atomic E-state index is 12.0. The molecule has 1 aliphatic carbocycles. The number of urea groups is 1. The number of carboxylic acids is 1. The van der Waals surface area contributed by atoms with E-state index in [1.807, 2.05) is 0 Å². The van der Waals surface area contributed by atoms with Gasteiger partial charge in [-0.3, -0.25) is 4.79 Å². The van der Waals surface area contributed by atoms with Gasteiger partial charge in [0.25, 0.3) is 0 Å². The van der Waals surface area contributed by atoms with Crippen molar-refractivity contribution in [3.05, 3.63) is 0 Å². The third-order valence-electron chi connectivity index (χ3n) is 4.04. The Bertz CT molecular complexity index is 329. The number of nitrogens with zero attached hydrogens (tertiary/aromatic N) is 1. The molecule has 5 nitrogen and oxygen atoms in total. The average Bonchev–Trinajstić information content (AvgIpc) is 2.31. The van der Waals surface area contributed by atoms with Crippen molar-refractivity contribution in [3.8, 4) is 0 Å². The zero-order chi connectivity index (χ0) is 14.5. The molecular weight excluding hydrogens is 244 g/mol. The van der Waals surface area contributed by atoms with E-state index in [0.717, 1.165) is 19.3 Å². The van der Waals surface area contributed by atoms with E-state index in [2.05, 4.69) is 19.2 Å². The van der Waals surface area contributed by atoms with Crippen LogP contribution >= 0.6 is 0 Å². The monoisotopic (exact) mass is 270 g/mol. The van der Waals surface area contributed by atoms with Crippen molar-refractivity contribution in [3.63, 3.8) is 0 Å². The fraction of sp³-hybridized carbons (Fsp3) is 0.857. The first-order valence-electron chi connectivity index (χ1n) is 7.06. The minimum atomic E-state index is -0.817. The lowest BCUT2D eigenvalue weighted by Crippen LogP contribution is -2.50. The summed E-state index contributed by atoms with van der Waals surface area (Å²) in [6.07, 6.45) is 5.16. The average molecular weight is 270 g/mol. The quantitative estimate of drug-likeness (QED) is 0.806. The molecule has 1 aliphatic rings. The van der Waals surface area contributed by atoms with Gasteiger partial charge in [0.1, 0.15) is 0 Å². The smallest absolute Gasteiger partial charge is 0.317 e. The van der Waals surface area contributed by atoms with Crippen molar-refractivity contribution in [1.29, 1.82) is 0 Å². The standard InChI is InChI=1S/C14H26N2O3/c1-14(2)9-5-4-7-11(14)15-13(19)16(3)10-6-8-12(17)18/h11H,4-10H2,1-3H3,(H,15,19)(H,17,18). The molecule has 0 aromatic carbocycles. The molecule has 1 unspecified atom stereocenters. The van der Waals surface area contributed by atoms with Gasteiger partial charge in [-0.25, -0.2) is 4.79 Å². The summed E-state index contributed by atoms with van der Waals surface area (Å²) in [4.78, 5) is 24.1. The van der Waals surface area contributed by atoms with E-state index in [1.165, 1.54) is 6.42 Å². The van der Waals surface area contributed by atoms with Gasteiger partial charge in [0.2, 0.25) is 0 Å². The summed E-state index contributed by atoms with van der Waals surface area (Å²) in [5.74, 6) is -0.817. The number of amides is 2.